The summed E-state index contributed by atoms with van der Waals surface area (Å²) in [5.41, 5.74) is 32.2. The van der Waals surface area contributed by atoms with E-state index >= 15 is 0 Å². The first-order chi connectivity index (χ1) is 36.4. The number of hydrogen-bond acceptors (Lipinski definition) is 1. The van der Waals surface area contributed by atoms with E-state index in [1.807, 2.05) is 0 Å². The first-order valence-corrected chi connectivity index (χ1v) is 27.4. The first-order valence-electron chi connectivity index (χ1n) is 27.4. The van der Waals surface area contributed by atoms with Crippen LogP contribution >= 0.6 is 0 Å². The van der Waals surface area contributed by atoms with Crippen LogP contribution in [-0.4, -0.2) is 0 Å². The molecular formula is C74H61N. The van der Waals surface area contributed by atoms with Gasteiger partial charge in [-0.2, -0.15) is 0 Å². The smallest absolute Gasteiger partial charge is 0.0726 e. The van der Waals surface area contributed by atoms with Crippen molar-refractivity contribution in [2.45, 2.75) is 88.9 Å². The highest BCUT2D eigenvalue weighted by Gasteiger charge is 2.53. The summed E-state index contributed by atoms with van der Waals surface area (Å²) in [4.78, 5) is 2.60. The van der Waals surface area contributed by atoms with Crippen LogP contribution in [0.3, 0.4) is 0 Å². The summed E-state index contributed by atoms with van der Waals surface area (Å²) in [5.74, 6) is 0. The van der Waals surface area contributed by atoms with Crippen molar-refractivity contribution in [3.8, 4) is 44.5 Å². The van der Waals surface area contributed by atoms with Crippen LogP contribution in [0.25, 0.3) is 44.5 Å². The molecular weight excluding hydrogens is 903 g/mol. The molecule has 0 radical (unpaired) electrons. The number of nitrogens with zero attached hydrogens (tertiary/aromatic N) is 1. The van der Waals surface area contributed by atoms with Gasteiger partial charge in [0.1, 0.15) is 0 Å². The van der Waals surface area contributed by atoms with Crippen molar-refractivity contribution in [3.05, 3.63) is 290 Å². The quantitative estimate of drug-likeness (QED) is 0.161. The first kappa shape index (κ1) is 44.5. The zero-order valence-corrected chi connectivity index (χ0v) is 44.0. The van der Waals surface area contributed by atoms with Crippen LogP contribution in [0.2, 0.25) is 0 Å². The van der Waals surface area contributed by atoms with Crippen molar-refractivity contribution in [2.75, 3.05) is 4.90 Å². The third-order valence-electron chi connectivity index (χ3n) is 18.3. The highest BCUT2D eigenvalue weighted by Crippen LogP contribution is 2.65. The zero-order valence-electron chi connectivity index (χ0n) is 44.0. The average Bonchev–Trinajstić information content (AvgIpc) is 4.23. The molecule has 15 rings (SSSR count). The van der Waals surface area contributed by atoms with E-state index in [4.69, 9.17) is 0 Å². The van der Waals surface area contributed by atoms with Crippen molar-refractivity contribution in [2.24, 2.45) is 0 Å². The predicted molar refractivity (Wildman–Crippen MR) is 312 cm³/mol. The number of aryl methyl sites for hydroxylation is 4. The van der Waals surface area contributed by atoms with Crippen LogP contribution in [0.1, 0.15) is 119 Å². The largest absolute Gasteiger partial charge is 0.310 e. The van der Waals surface area contributed by atoms with Gasteiger partial charge in [-0.15, -0.1) is 0 Å². The second kappa shape index (κ2) is 15.8. The number of anilines is 3. The van der Waals surface area contributed by atoms with E-state index in [2.05, 4.69) is 259 Å². The number of benzene rings is 10. The Balaban J connectivity index is 1.02. The van der Waals surface area contributed by atoms with Crippen molar-refractivity contribution in [1.82, 2.24) is 0 Å². The van der Waals surface area contributed by atoms with Crippen molar-refractivity contribution in [3.63, 3.8) is 0 Å². The van der Waals surface area contributed by atoms with Crippen molar-refractivity contribution >= 4 is 17.1 Å². The van der Waals surface area contributed by atoms with Crippen LogP contribution in [-0.2, 0) is 47.3 Å². The van der Waals surface area contributed by atoms with E-state index in [0.29, 0.717) is 0 Å². The standard InChI is InChI=1S/C74H61N/c1-71(2,3)52-33-38-59-60-39-34-53(72(4,5)6)44-67(60)74(66(59)43-52)63-19-12-10-17-58(63)61-40-37-57(45-68(61)74)75(56-35-29-47(30-36-56)46-15-8-7-9-16-46)69-22-14-21-65-70(69)62-18-11-13-20-64(62)73(65,54-31-27-48-23-25-50(48)41-54)55-32-28-49-24-26-51(49)42-55/h7-22,27-45H,23-26H2,1-6H3. The van der Waals surface area contributed by atoms with Gasteiger partial charge in [0.15, 0.2) is 0 Å². The van der Waals surface area contributed by atoms with Crippen molar-refractivity contribution < 1.29 is 0 Å². The SMILES string of the molecule is CC(C)(C)c1ccc2c(c1)C1(c3ccccc3-c3ccc(N(c4ccc(-c5ccccc5)cc4)c4cccc5c4-c4ccccc4C5(c4ccc5c(c4)CC5)c4ccc5c(c4)CC5)cc31)c1cc(C(C)(C)C)ccc1-2. The molecule has 0 amide bonds. The van der Waals surface area contributed by atoms with Crippen molar-refractivity contribution in [1.29, 1.82) is 0 Å². The monoisotopic (exact) mass is 963 g/mol. The second-order valence-corrected chi connectivity index (χ2v) is 24.3. The van der Waals surface area contributed by atoms with E-state index in [9.17, 15) is 0 Å². The van der Waals surface area contributed by atoms with Gasteiger partial charge < -0.3 is 4.90 Å². The molecule has 362 valence electrons. The van der Waals surface area contributed by atoms with Gasteiger partial charge in [0.05, 0.1) is 16.5 Å². The van der Waals surface area contributed by atoms with Crippen LogP contribution < -0.4 is 4.90 Å². The lowest BCUT2D eigenvalue weighted by atomic mass is 9.65. The van der Waals surface area contributed by atoms with E-state index in [1.165, 1.54) is 128 Å². The molecule has 0 bridgehead atoms. The minimum absolute atomic E-state index is 0.0343. The lowest BCUT2D eigenvalue weighted by Crippen LogP contribution is -2.30. The molecule has 1 nitrogen and oxygen atoms in total. The lowest BCUT2D eigenvalue weighted by Gasteiger charge is -2.37. The normalized spacial score (nSPS) is 15.3. The van der Waals surface area contributed by atoms with Gasteiger partial charge in [0, 0.05) is 16.9 Å². The maximum atomic E-state index is 2.60. The summed E-state index contributed by atoms with van der Waals surface area (Å²) in [7, 11) is 0. The average molecular weight is 964 g/mol. The number of hydrogen-bond donors (Lipinski definition) is 0. The topological polar surface area (TPSA) is 3.24 Å². The van der Waals surface area contributed by atoms with E-state index < -0.39 is 10.8 Å². The highest BCUT2D eigenvalue weighted by atomic mass is 15.1. The molecule has 0 N–H and O–H groups in total. The Hall–Kier alpha value is -8.00. The van der Waals surface area contributed by atoms with Gasteiger partial charge in [-0.25, -0.2) is 0 Å². The van der Waals surface area contributed by atoms with E-state index in [-0.39, 0.29) is 10.8 Å². The van der Waals surface area contributed by atoms with Crippen LogP contribution in [0, 0.1) is 0 Å². The van der Waals surface area contributed by atoms with E-state index in [1.54, 1.807) is 0 Å². The summed E-state index contributed by atoms with van der Waals surface area (Å²) < 4.78 is 0. The summed E-state index contributed by atoms with van der Waals surface area (Å²) in [6.45, 7) is 14.1. The molecule has 75 heavy (non-hydrogen) atoms. The van der Waals surface area contributed by atoms with Gasteiger partial charge in [-0.1, -0.05) is 224 Å². The minimum atomic E-state index is -0.540. The highest BCUT2D eigenvalue weighted by molar-refractivity contribution is 6.00. The third-order valence-corrected chi connectivity index (χ3v) is 18.3. The molecule has 0 saturated heterocycles. The second-order valence-electron chi connectivity index (χ2n) is 24.3. The zero-order chi connectivity index (χ0) is 50.6. The maximum absolute atomic E-state index is 2.60. The Bertz CT molecular complexity index is 3900. The van der Waals surface area contributed by atoms with E-state index in [0.717, 1.165) is 37.1 Å². The van der Waals surface area contributed by atoms with Gasteiger partial charge in [0.2, 0.25) is 0 Å². The molecule has 0 aliphatic heterocycles. The molecule has 10 aromatic carbocycles. The summed E-state index contributed by atoms with van der Waals surface area (Å²) in [6.07, 6.45) is 4.60. The van der Waals surface area contributed by atoms with Gasteiger partial charge >= 0.3 is 0 Å². The third kappa shape index (κ3) is 6.19. The Kier molecular flexibility index (Phi) is 9.35. The molecule has 0 aromatic heterocycles. The fourth-order valence-corrected chi connectivity index (χ4v) is 14.2. The molecule has 5 aliphatic rings. The molecule has 0 unspecified atom stereocenters. The fourth-order valence-electron chi connectivity index (χ4n) is 14.2. The van der Waals surface area contributed by atoms with Crippen LogP contribution in [0.15, 0.2) is 212 Å². The molecule has 5 aliphatic carbocycles. The lowest BCUT2D eigenvalue weighted by molar-refractivity contribution is 0.586. The molecule has 0 heterocycles. The Morgan fingerprint density at radius 3 is 1.35 bits per heavy atom. The van der Waals surface area contributed by atoms with Crippen LogP contribution in [0.4, 0.5) is 17.1 Å². The van der Waals surface area contributed by atoms with Gasteiger partial charge in [-0.3, -0.25) is 0 Å². The Morgan fingerprint density at radius 2 is 0.787 bits per heavy atom. The molecule has 0 atom stereocenters. The van der Waals surface area contributed by atoms with Gasteiger partial charge in [-0.05, 0) is 184 Å². The fraction of sp³-hybridized carbons (Fsp3) is 0.189. The molecule has 1 heteroatoms. The predicted octanol–water partition coefficient (Wildman–Crippen LogP) is 18.3. The Morgan fingerprint density at radius 1 is 0.320 bits per heavy atom. The molecule has 0 fully saturated rings. The maximum Gasteiger partial charge on any atom is 0.0726 e. The Labute approximate surface area is 443 Å². The summed E-state index contributed by atoms with van der Waals surface area (Å²) in [5, 5.41) is 0. The molecule has 0 saturated carbocycles. The molecule has 1 spiro atoms. The van der Waals surface area contributed by atoms with Crippen LogP contribution in [0.5, 0.6) is 0 Å². The summed E-state index contributed by atoms with van der Waals surface area (Å²) >= 11 is 0. The summed E-state index contributed by atoms with van der Waals surface area (Å²) in [6, 6.07) is 83.1. The minimum Gasteiger partial charge on any atom is -0.310 e. The number of rotatable bonds is 6. The van der Waals surface area contributed by atoms with Gasteiger partial charge in [0.25, 0.3) is 0 Å². The molecule has 10 aromatic rings. The number of fused-ring (bicyclic) bond motifs is 15.